The second kappa shape index (κ2) is 15.6. The molecule has 2 spiro atoms. The number of carbonyl (C=O) groups excluding carboxylic acids is 5. The van der Waals surface area contributed by atoms with Crippen molar-refractivity contribution in [3.63, 3.8) is 0 Å². The number of nitrogens with one attached hydrogen (secondary N) is 1. The molecule has 6 rings (SSSR count). The number of amides is 5. The number of carboxylic acids is 1. The standard InChI is InChI=1S/C20H24F3N3O3.C19H21F3N2O4/c1-12(2)25-11-16(27)26(10-13-4-6-15(7-5-13)20(21,22)23)19(18(25)29)8-14(9-19)17(28)24-3;1-11(2)23-10-15(25)24(18(17(23)28)7-13(8-18)16(26)27)9-12-3-5-14(6-4-12)19(20,21)22/h4-7,12,14H,8-11H2,1-3H3,(H,24,28);3-6,11,13H,7-10H2,1-2H3,(H,26,27). The van der Waals surface area contributed by atoms with Gasteiger partial charge >= 0.3 is 18.3 Å². The number of halogens is 6. The third-order valence-corrected chi connectivity index (χ3v) is 11.4. The van der Waals surface area contributed by atoms with Gasteiger partial charge in [0.25, 0.3) is 0 Å². The molecule has 57 heavy (non-hydrogen) atoms. The molecule has 12 nitrogen and oxygen atoms in total. The molecule has 0 radical (unpaired) electrons. The van der Waals surface area contributed by atoms with E-state index < -0.39 is 46.4 Å². The first-order valence-corrected chi connectivity index (χ1v) is 18.4. The SMILES string of the molecule is CC(C)N1CC(=O)N(Cc2ccc(C(F)(F)F)cc2)C2(CC(C(=O)O)C2)C1=O.CNC(=O)C1CC2(C1)C(=O)N(C(C)C)CC(=O)N2Cc1ccc(C(F)(F)F)cc1. The summed E-state index contributed by atoms with van der Waals surface area (Å²) in [4.78, 5) is 80.9. The van der Waals surface area contributed by atoms with Crippen LogP contribution in [0.25, 0.3) is 0 Å². The van der Waals surface area contributed by atoms with E-state index in [4.69, 9.17) is 0 Å². The topological polar surface area (TPSA) is 148 Å². The van der Waals surface area contributed by atoms with Gasteiger partial charge in [-0.2, -0.15) is 26.3 Å². The lowest BCUT2D eigenvalue weighted by Gasteiger charge is -2.57. The molecular formula is C39H45F6N5O7. The van der Waals surface area contributed by atoms with Crippen molar-refractivity contribution in [1.82, 2.24) is 24.9 Å². The lowest BCUT2D eigenvalue weighted by atomic mass is 9.64. The average Bonchev–Trinajstić information content (AvgIpc) is 3.09. The number of carboxylic acid groups (broad SMARTS) is 1. The lowest BCUT2D eigenvalue weighted by Crippen LogP contribution is -2.74. The van der Waals surface area contributed by atoms with Crippen molar-refractivity contribution in [1.29, 1.82) is 0 Å². The highest BCUT2D eigenvalue weighted by molar-refractivity contribution is 6.01. The predicted molar refractivity (Wildman–Crippen MR) is 190 cm³/mol. The van der Waals surface area contributed by atoms with Crippen LogP contribution in [0.15, 0.2) is 48.5 Å². The Kier molecular flexibility index (Phi) is 11.8. The summed E-state index contributed by atoms with van der Waals surface area (Å²) in [6, 6.07) is 8.59. The second-order valence-corrected chi connectivity index (χ2v) is 15.6. The monoisotopic (exact) mass is 809 g/mol. The fourth-order valence-electron chi connectivity index (χ4n) is 7.99. The molecule has 5 amide bonds. The van der Waals surface area contributed by atoms with Crippen LogP contribution in [0.5, 0.6) is 0 Å². The quantitative estimate of drug-likeness (QED) is 0.368. The number of aliphatic carboxylic acids is 1. The normalized spacial score (nSPS) is 25.1. The van der Waals surface area contributed by atoms with Gasteiger partial charge in [0.1, 0.15) is 24.2 Å². The summed E-state index contributed by atoms with van der Waals surface area (Å²) in [5.74, 6) is -3.43. The Bertz CT molecular complexity index is 1890. The van der Waals surface area contributed by atoms with Crippen molar-refractivity contribution >= 4 is 35.5 Å². The number of nitrogens with zero attached hydrogens (tertiary/aromatic N) is 4. The van der Waals surface area contributed by atoms with Crippen LogP contribution in [0, 0.1) is 11.8 Å². The molecule has 2 N–H and O–H groups in total. The van der Waals surface area contributed by atoms with E-state index in [1.165, 1.54) is 50.9 Å². The molecule has 2 aromatic rings. The van der Waals surface area contributed by atoms with Crippen LogP contribution < -0.4 is 5.32 Å². The number of rotatable bonds is 8. The number of carbonyl (C=O) groups is 6. The summed E-state index contributed by atoms with van der Waals surface area (Å²) in [6.45, 7) is 6.96. The van der Waals surface area contributed by atoms with Gasteiger partial charge in [-0.25, -0.2) is 0 Å². The van der Waals surface area contributed by atoms with E-state index in [-0.39, 0.29) is 99.4 Å². The zero-order valence-electron chi connectivity index (χ0n) is 32.0. The van der Waals surface area contributed by atoms with Gasteiger partial charge in [0, 0.05) is 38.1 Å². The van der Waals surface area contributed by atoms with Crippen LogP contribution in [-0.2, 0) is 54.2 Å². The van der Waals surface area contributed by atoms with Crippen molar-refractivity contribution in [3.05, 3.63) is 70.8 Å². The molecule has 0 unspecified atom stereocenters. The third-order valence-electron chi connectivity index (χ3n) is 11.4. The van der Waals surface area contributed by atoms with Gasteiger partial charge in [-0.3, -0.25) is 28.8 Å². The third kappa shape index (κ3) is 8.30. The zero-order valence-corrected chi connectivity index (χ0v) is 32.0. The molecule has 0 aromatic heterocycles. The van der Waals surface area contributed by atoms with Crippen molar-refractivity contribution in [2.24, 2.45) is 11.8 Å². The Labute approximate surface area is 325 Å². The van der Waals surface area contributed by atoms with Crippen LogP contribution in [-0.4, -0.2) is 104 Å². The molecule has 0 bridgehead atoms. The predicted octanol–water partition coefficient (Wildman–Crippen LogP) is 4.70. The van der Waals surface area contributed by atoms with Gasteiger partial charge in [0.15, 0.2) is 0 Å². The minimum atomic E-state index is -4.46. The molecule has 2 aromatic carbocycles. The van der Waals surface area contributed by atoms with Crippen molar-refractivity contribution in [3.8, 4) is 0 Å². The molecule has 2 saturated heterocycles. The summed E-state index contributed by atoms with van der Waals surface area (Å²) >= 11 is 0. The van der Waals surface area contributed by atoms with Gasteiger partial charge in [-0.1, -0.05) is 24.3 Å². The minimum absolute atomic E-state index is 0.0107. The maximum atomic E-state index is 13.2. The van der Waals surface area contributed by atoms with Crippen molar-refractivity contribution in [2.45, 2.75) is 102 Å². The number of alkyl halides is 6. The van der Waals surface area contributed by atoms with E-state index in [2.05, 4.69) is 5.32 Å². The van der Waals surface area contributed by atoms with Gasteiger partial charge in [-0.15, -0.1) is 0 Å². The number of piperazine rings is 2. The fraction of sp³-hybridized carbons (Fsp3) is 0.538. The van der Waals surface area contributed by atoms with Gasteiger partial charge in [-0.05, 0) is 88.8 Å². The Morgan fingerprint density at radius 1 is 0.667 bits per heavy atom. The molecular weight excluding hydrogens is 764 g/mol. The molecule has 2 heterocycles. The molecule has 18 heteroatoms. The summed E-state index contributed by atoms with van der Waals surface area (Å²) < 4.78 is 76.6. The van der Waals surface area contributed by atoms with E-state index in [1.807, 2.05) is 13.8 Å². The van der Waals surface area contributed by atoms with Gasteiger partial charge < -0.3 is 30.0 Å². The summed E-state index contributed by atoms with van der Waals surface area (Å²) in [6.07, 6.45) is -8.46. The van der Waals surface area contributed by atoms with Crippen LogP contribution >= 0.6 is 0 Å². The lowest BCUT2D eigenvalue weighted by molar-refractivity contribution is -0.183. The molecule has 2 aliphatic carbocycles. The molecule has 310 valence electrons. The van der Waals surface area contributed by atoms with Crippen LogP contribution in [0.4, 0.5) is 26.3 Å². The highest BCUT2D eigenvalue weighted by Crippen LogP contribution is 2.48. The average molecular weight is 810 g/mol. The second-order valence-electron chi connectivity index (χ2n) is 15.6. The minimum Gasteiger partial charge on any atom is -0.481 e. The number of hydrogen-bond donors (Lipinski definition) is 2. The van der Waals surface area contributed by atoms with Crippen LogP contribution in [0.2, 0.25) is 0 Å². The summed E-state index contributed by atoms with van der Waals surface area (Å²) in [7, 11) is 1.52. The van der Waals surface area contributed by atoms with E-state index in [9.17, 15) is 60.2 Å². The Balaban J connectivity index is 0.000000218. The van der Waals surface area contributed by atoms with E-state index >= 15 is 0 Å². The van der Waals surface area contributed by atoms with Gasteiger partial charge in [0.2, 0.25) is 29.5 Å². The first kappa shape index (κ1) is 43.0. The number of hydrogen-bond acceptors (Lipinski definition) is 6. The van der Waals surface area contributed by atoms with E-state index in [1.54, 1.807) is 13.8 Å². The Morgan fingerprint density at radius 3 is 1.28 bits per heavy atom. The van der Waals surface area contributed by atoms with Gasteiger partial charge in [0.05, 0.1) is 17.0 Å². The maximum absolute atomic E-state index is 13.2. The molecule has 2 saturated carbocycles. The largest absolute Gasteiger partial charge is 0.481 e. The summed E-state index contributed by atoms with van der Waals surface area (Å²) in [5.41, 5.74) is -2.99. The number of benzene rings is 2. The zero-order chi connectivity index (χ0) is 42.4. The smallest absolute Gasteiger partial charge is 0.416 e. The molecule has 0 atom stereocenters. The Morgan fingerprint density at radius 2 is 1.00 bits per heavy atom. The van der Waals surface area contributed by atoms with Crippen LogP contribution in [0.1, 0.15) is 75.6 Å². The maximum Gasteiger partial charge on any atom is 0.416 e. The van der Waals surface area contributed by atoms with Crippen molar-refractivity contribution < 1.29 is 60.2 Å². The van der Waals surface area contributed by atoms with Crippen LogP contribution in [0.3, 0.4) is 0 Å². The van der Waals surface area contributed by atoms with Crippen molar-refractivity contribution in [2.75, 3.05) is 20.1 Å². The highest BCUT2D eigenvalue weighted by atomic mass is 19.4. The fourth-order valence-corrected chi connectivity index (χ4v) is 7.99. The molecule has 4 fully saturated rings. The first-order valence-electron chi connectivity index (χ1n) is 18.4. The molecule has 2 aliphatic heterocycles. The first-order chi connectivity index (χ1) is 26.4. The highest BCUT2D eigenvalue weighted by Gasteiger charge is 2.63. The molecule has 4 aliphatic rings. The van der Waals surface area contributed by atoms with E-state index in [0.29, 0.717) is 11.1 Å². The van der Waals surface area contributed by atoms with E-state index in [0.717, 1.165) is 24.3 Å². The Hall–Kier alpha value is -5.16. The summed E-state index contributed by atoms with van der Waals surface area (Å²) in [5, 5.41) is 11.8.